The fourth-order valence-electron chi connectivity index (χ4n) is 3.05. The first kappa shape index (κ1) is 19.4. The summed E-state index contributed by atoms with van der Waals surface area (Å²) in [7, 11) is -1.95. The Kier molecular flexibility index (Phi) is 5.82. The summed E-state index contributed by atoms with van der Waals surface area (Å²) in [6, 6.07) is 13.1. The number of carbonyl (C=O) groups is 1. The number of hydrogen-bond donors (Lipinski definition) is 1. The van der Waals surface area contributed by atoms with Crippen molar-refractivity contribution in [3.63, 3.8) is 0 Å². The lowest BCUT2D eigenvalue weighted by Gasteiger charge is -2.29. The summed E-state index contributed by atoms with van der Waals surface area (Å²) < 4.78 is 32.1. The summed E-state index contributed by atoms with van der Waals surface area (Å²) >= 11 is 0. The molecule has 0 aromatic heterocycles. The average molecular weight is 388 g/mol. The second kappa shape index (κ2) is 8.10. The molecule has 0 spiro atoms. The number of nitrogens with zero attached hydrogens (tertiary/aromatic N) is 1. The molecule has 1 aliphatic rings. The first-order valence-corrected chi connectivity index (χ1v) is 10.4. The number of piperidine rings is 1. The van der Waals surface area contributed by atoms with Crippen molar-refractivity contribution in [3.05, 3.63) is 54.1 Å². The second-order valence-corrected chi connectivity index (χ2v) is 8.73. The van der Waals surface area contributed by atoms with Gasteiger partial charge in [-0.05, 0) is 61.2 Å². The van der Waals surface area contributed by atoms with Crippen molar-refractivity contribution < 1.29 is 17.9 Å². The Hall–Kier alpha value is -2.38. The SMILES string of the molecule is COc1cccc(C(=O)Nc2ccc(S(=O)(=O)N3CCC(C)CC3)cc2)c1. The molecule has 1 N–H and O–H groups in total. The molecule has 7 heteroatoms. The minimum absolute atomic E-state index is 0.247. The van der Waals surface area contributed by atoms with Crippen LogP contribution in [-0.4, -0.2) is 38.8 Å². The van der Waals surface area contributed by atoms with Gasteiger partial charge in [0.2, 0.25) is 10.0 Å². The van der Waals surface area contributed by atoms with Crippen molar-refractivity contribution in [3.8, 4) is 5.75 Å². The van der Waals surface area contributed by atoms with E-state index >= 15 is 0 Å². The van der Waals surface area contributed by atoms with E-state index in [1.807, 2.05) is 0 Å². The molecule has 1 fully saturated rings. The molecule has 0 atom stereocenters. The van der Waals surface area contributed by atoms with Crippen LogP contribution >= 0.6 is 0 Å². The maximum atomic E-state index is 12.7. The number of rotatable bonds is 5. The van der Waals surface area contributed by atoms with Crippen molar-refractivity contribution in [1.82, 2.24) is 4.31 Å². The zero-order valence-electron chi connectivity index (χ0n) is 15.5. The van der Waals surface area contributed by atoms with Gasteiger partial charge in [-0.2, -0.15) is 4.31 Å². The lowest BCUT2D eigenvalue weighted by atomic mass is 10.0. The smallest absolute Gasteiger partial charge is 0.255 e. The molecule has 1 heterocycles. The number of amides is 1. The van der Waals surface area contributed by atoms with E-state index < -0.39 is 10.0 Å². The molecule has 1 amide bonds. The van der Waals surface area contributed by atoms with E-state index in [4.69, 9.17) is 4.74 Å². The second-order valence-electron chi connectivity index (χ2n) is 6.80. The Balaban J connectivity index is 1.70. The molecule has 0 unspecified atom stereocenters. The molecular formula is C20H24N2O4S. The fraction of sp³-hybridized carbons (Fsp3) is 0.350. The standard InChI is InChI=1S/C20H24N2O4S/c1-15-10-12-22(13-11-15)27(24,25)19-8-6-17(7-9-19)21-20(23)16-4-3-5-18(14-16)26-2/h3-9,14-15H,10-13H2,1-2H3,(H,21,23). The average Bonchev–Trinajstić information content (AvgIpc) is 2.69. The van der Waals surface area contributed by atoms with Crippen LogP contribution in [0, 0.1) is 5.92 Å². The zero-order valence-corrected chi connectivity index (χ0v) is 16.3. The molecule has 0 aliphatic carbocycles. The number of carbonyl (C=O) groups excluding carboxylic acids is 1. The van der Waals surface area contributed by atoms with Gasteiger partial charge < -0.3 is 10.1 Å². The monoisotopic (exact) mass is 388 g/mol. The van der Waals surface area contributed by atoms with Crippen molar-refractivity contribution >= 4 is 21.6 Å². The highest BCUT2D eigenvalue weighted by Gasteiger charge is 2.27. The van der Waals surface area contributed by atoms with Crippen LogP contribution in [0.25, 0.3) is 0 Å². The van der Waals surface area contributed by atoms with Crippen LogP contribution in [0.15, 0.2) is 53.4 Å². The third-order valence-electron chi connectivity index (χ3n) is 4.82. The van der Waals surface area contributed by atoms with E-state index in [-0.39, 0.29) is 10.8 Å². The van der Waals surface area contributed by atoms with Gasteiger partial charge >= 0.3 is 0 Å². The van der Waals surface area contributed by atoms with Gasteiger partial charge in [0.05, 0.1) is 12.0 Å². The van der Waals surface area contributed by atoms with Crippen LogP contribution < -0.4 is 10.1 Å². The summed E-state index contributed by atoms with van der Waals surface area (Å²) in [6.45, 7) is 3.25. The van der Waals surface area contributed by atoms with Crippen molar-refractivity contribution in [2.75, 3.05) is 25.5 Å². The van der Waals surface area contributed by atoms with E-state index in [1.165, 1.54) is 16.4 Å². The number of hydrogen-bond acceptors (Lipinski definition) is 4. The van der Waals surface area contributed by atoms with Crippen molar-refractivity contribution in [1.29, 1.82) is 0 Å². The van der Waals surface area contributed by atoms with Crippen LogP contribution in [0.5, 0.6) is 5.75 Å². The molecule has 2 aromatic rings. The maximum absolute atomic E-state index is 12.7. The molecule has 144 valence electrons. The van der Waals surface area contributed by atoms with Gasteiger partial charge in [0.25, 0.3) is 5.91 Å². The van der Waals surface area contributed by atoms with Crippen LogP contribution in [0.2, 0.25) is 0 Å². The summed E-state index contributed by atoms with van der Waals surface area (Å²) in [5, 5.41) is 2.77. The summed E-state index contributed by atoms with van der Waals surface area (Å²) in [4.78, 5) is 12.6. The normalized spacial score (nSPS) is 16.1. The molecule has 1 saturated heterocycles. The predicted molar refractivity (Wildman–Crippen MR) is 105 cm³/mol. The number of benzene rings is 2. The first-order chi connectivity index (χ1) is 12.9. The quantitative estimate of drug-likeness (QED) is 0.852. The number of methoxy groups -OCH3 is 1. The third kappa shape index (κ3) is 4.48. The van der Waals surface area contributed by atoms with Gasteiger partial charge in [0, 0.05) is 24.3 Å². The van der Waals surface area contributed by atoms with Crippen molar-refractivity contribution in [2.24, 2.45) is 5.92 Å². The molecule has 0 radical (unpaired) electrons. The highest BCUT2D eigenvalue weighted by Crippen LogP contribution is 2.24. The van der Waals surface area contributed by atoms with E-state index in [9.17, 15) is 13.2 Å². The summed E-state index contributed by atoms with van der Waals surface area (Å²) in [5.41, 5.74) is 1.00. The number of nitrogens with one attached hydrogen (secondary N) is 1. The molecule has 0 saturated carbocycles. The molecule has 27 heavy (non-hydrogen) atoms. The Morgan fingerprint density at radius 1 is 1.11 bits per heavy atom. The Bertz CT molecular complexity index is 902. The topological polar surface area (TPSA) is 75.7 Å². The van der Waals surface area contributed by atoms with Gasteiger partial charge in [-0.1, -0.05) is 13.0 Å². The molecule has 0 bridgehead atoms. The lowest BCUT2D eigenvalue weighted by molar-refractivity contribution is 0.102. The number of ether oxygens (including phenoxy) is 1. The van der Waals surface area contributed by atoms with Gasteiger partial charge in [0.15, 0.2) is 0 Å². The minimum Gasteiger partial charge on any atom is -0.497 e. The van der Waals surface area contributed by atoms with Gasteiger partial charge in [-0.25, -0.2) is 8.42 Å². The van der Waals surface area contributed by atoms with Crippen molar-refractivity contribution in [2.45, 2.75) is 24.7 Å². The lowest BCUT2D eigenvalue weighted by Crippen LogP contribution is -2.37. The number of sulfonamides is 1. The minimum atomic E-state index is -3.49. The van der Waals surface area contributed by atoms with E-state index in [2.05, 4.69) is 12.2 Å². The molecule has 6 nitrogen and oxygen atoms in total. The Morgan fingerprint density at radius 2 is 1.78 bits per heavy atom. The highest BCUT2D eigenvalue weighted by molar-refractivity contribution is 7.89. The van der Waals surface area contributed by atoms with E-state index in [0.717, 1.165) is 12.8 Å². The van der Waals surface area contributed by atoms with Gasteiger partial charge in [-0.15, -0.1) is 0 Å². The van der Waals surface area contributed by atoms with Crippen LogP contribution in [0.3, 0.4) is 0 Å². The van der Waals surface area contributed by atoms with Gasteiger partial charge in [0.1, 0.15) is 5.75 Å². The summed E-state index contributed by atoms with van der Waals surface area (Å²) in [5.74, 6) is 0.875. The fourth-order valence-corrected chi connectivity index (χ4v) is 4.52. The molecule has 3 rings (SSSR count). The third-order valence-corrected chi connectivity index (χ3v) is 6.74. The van der Waals surface area contributed by atoms with Crippen LogP contribution in [0.1, 0.15) is 30.1 Å². The maximum Gasteiger partial charge on any atom is 0.255 e. The number of anilines is 1. The first-order valence-electron chi connectivity index (χ1n) is 8.96. The Labute approximate surface area is 160 Å². The predicted octanol–water partition coefficient (Wildman–Crippen LogP) is 3.37. The highest BCUT2D eigenvalue weighted by atomic mass is 32.2. The van der Waals surface area contributed by atoms with E-state index in [1.54, 1.807) is 43.5 Å². The molecule has 2 aromatic carbocycles. The van der Waals surface area contributed by atoms with Crippen LogP contribution in [0.4, 0.5) is 5.69 Å². The summed E-state index contributed by atoms with van der Waals surface area (Å²) in [6.07, 6.45) is 1.77. The largest absolute Gasteiger partial charge is 0.497 e. The van der Waals surface area contributed by atoms with E-state index in [0.29, 0.717) is 36.0 Å². The Morgan fingerprint density at radius 3 is 2.41 bits per heavy atom. The van der Waals surface area contributed by atoms with Gasteiger partial charge in [-0.3, -0.25) is 4.79 Å². The molecular weight excluding hydrogens is 364 g/mol. The molecule has 1 aliphatic heterocycles. The van der Waals surface area contributed by atoms with Crippen LogP contribution in [-0.2, 0) is 10.0 Å². The zero-order chi connectivity index (χ0) is 19.4.